The molecule has 0 aromatic heterocycles. The molecule has 0 aromatic carbocycles. The second kappa shape index (κ2) is 4.99. The minimum atomic E-state index is -0.876. The number of imide groups is 2. The van der Waals surface area contributed by atoms with Gasteiger partial charge in [-0.1, -0.05) is 20.3 Å². The second-order valence-electron chi connectivity index (χ2n) is 4.99. The quantitative estimate of drug-likeness (QED) is 0.545. The Hall–Kier alpha value is -1.92. The number of carbonyl (C=O) groups is 4. The van der Waals surface area contributed by atoms with Crippen molar-refractivity contribution in [3.8, 4) is 0 Å². The van der Waals surface area contributed by atoms with E-state index in [0.717, 1.165) is 11.3 Å². The highest BCUT2D eigenvalue weighted by Crippen LogP contribution is 2.22. The third kappa shape index (κ3) is 2.32. The van der Waals surface area contributed by atoms with Gasteiger partial charge in [0, 0.05) is 6.42 Å². The van der Waals surface area contributed by atoms with Crippen LogP contribution in [0.5, 0.6) is 0 Å². The minimum absolute atomic E-state index is 0.00901. The predicted molar refractivity (Wildman–Crippen MR) is 64.8 cm³/mol. The SMILES string of the molecule is CCC(C)[C@@H]1NC(=O)N([C@@H]2CCC(=O)NC2=O)C1=O. The number of rotatable bonds is 3. The first-order valence-electron chi connectivity index (χ1n) is 6.43. The Labute approximate surface area is 110 Å². The van der Waals surface area contributed by atoms with E-state index in [1.807, 2.05) is 13.8 Å². The van der Waals surface area contributed by atoms with Crippen LogP contribution >= 0.6 is 0 Å². The summed E-state index contributed by atoms with van der Waals surface area (Å²) in [5.74, 6) is -1.32. The molecule has 2 aliphatic rings. The van der Waals surface area contributed by atoms with Crippen LogP contribution in [0, 0.1) is 5.92 Å². The first-order chi connectivity index (χ1) is 8.95. The van der Waals surface area contributed by atoms with E-state index >= 15 is 0 Å². The number of amides is 5. The van der Waals surface area contributed by atoms with E-state index in [-0.39, 0.29) is 30.6 Å². The summed E-state index contributed by atoms with van der Waals surface area (Å²) in [6.45, 7) is 3.80. The Morgan fingerprint density at radius 3 is 2.58 bits per heavy atom. The smallest absolute Gasteiger partial charge is 0.325 e. The van der Waals surface area contributed by atoms with Crippen molar-refractivity contribution in [1.29, 1.82) is 0 Å². The van der Waals surface area contributed by atoms with Gasteiger partial charge < -0.3 is 5.32 Å². The number of nitrogens with one attached hydrogen (secondary N) is 2. The Morgan fingerprint density at radius 1 is 1.32 bits per heavy atom. The molecule has 1 unspecified atom stereocenters. The monoisotopic (exact) mass is 267 g/mol. The van der Waals surface area contributed by atoms with Gasteiger partial charge in [0.25, 0.3) is 5.91 Å². The number of nitrogens with zero attached hydrogens (tertiary/aromatic N) is 1. The van der Waals surface area contributed by atoms with Gasteiger partial charge in [-0.3, -0.25) is 19.7 Å². The fourth-order valence-corrected chi connectivity index (χ4v) is 2.36. The summed E-state index contributed by atoms with van der Waals surface area (Å²) >= 11 is 0. The van der Waals surface area contributed by atoms with E-state index in [2.05, 4.69) is 10.6 Å². The molecule has 5 amide bonds. The van der Waals surface area contributed by atoms with Gasteiger partial charge in [-0.2, -0.15) is 0 Å². The normalized spacial score (nSPS) is 29.3. The van der Waals surface area contributed by atoms with Crippen molar-refractivity contribution in [3.63, 3.8) is 0 Å². The number of urea groups is 1. The Bertz CT molecular complexity index is 448. The van der Waals surface area contributed by atoms with Gasteiger partial charge in [-0.15, -0.1) is 0 Å². The first-order valence-corrected chi connectivity index (χ1v) is 6.43. The van der Waals surface area contributed by atoms with Crippen molar-refractivity contribution in [1.82, 2.24) is 15.5 Å². The van der Waals surface area contributed by atoms with Crippen LogP contribution in [-0.4, -0.2) is 40.7 Å². The molecule has 0 bridgehead atoms. The highest BCUT2D eigenvalue weighted by molar-refractivity contribution is 6.10. The maximum atomic E-state index is 12.2. The van der Waals surface area contributed by atoms with Crippen LogP contribution in [0.2, 0.25) is 0 Å². The lowest BCUT2D eigenvalue weighted by molar-refractivity contribution is -0.142. The van der Waals surface area contributed by atoms with Crippen LogP contribution in [0.25, 0.3) is 0 Å². The van der Waals surface area contributed by atoms with Gasteiger partial charge in [0.05, 0.1) is 0 Å². The Balaban J connectivity index is 2.16. The predicted octanol–water partition coefficient (Wildman–Crippen LogP) is -0.242. The average Bonchev–Trinajstić information content (AvgIpc) is 2.65. The van der Waals surface area contributed by atoms with Crippen molar-refractivity contribution in [2.45, 2.75) is 45.2 Å². The fraction of sp³-hybridized carbons (Fsp3) is 0.667. The highest BCUT2D eigenvalue weighted by Gasteiger charge is 2.47. The number of hydrogen-bond donors (Lipinski definition) is 2. The summed E-state index contributed by atoms with van der Waals surface area (Å²) in [4.78, 5) is 47.9. The fourth-order valence-electron chi connectivity index (χ4n) is 2.36. The largest absolute Gasteiger partial charge is 0.326 e. The number of carbonyl (C=O) groups excluding carboxylic acids is 4. The van der Waals surface area contributed by atoms with Crippen molar-refractivity contribution in [3.05, 3.63) is 0 Å². The molecule has 0 saturated carbocycles. The van der Waals surface area contributed by atoms with Crippen LogP contribution in [0.15, 0.2) is 0 Å². The van der Waals surface area contributed by atoms with E-state index in [9.17, 15) is 19.2 Å². The van der Waals surface area contributed by atoms with Crippen LogP contribution in [0.3, 0.4) is 0 Å². The van der Waals surface area contributed by atoms with Gasteiger partial charge in [-0.05, 0) is 12.3 Å². The zero-order valence-corrected chi connectivity index (χ0v) is 10.9. The standard InChI is InChI=1S/C12H17N3O4/c1-3-6(2)9-11(18)15(12(19)14-9)7-4-5-8(16)13-10(7)17/h6-7,9H,3-5H2,1-2H3,(H,14,19)(H,13,16,17)/t6?,7-,9+/m1/s1. The molecular weight excluding hydrogens is 250 g/mol. The molecule has 2 saturated heterocycles. The molecule has 7 nitrogen and oxygen atoms in total. The average molecular weight is 267 g/mol. The maximum Gasteiger partial charge on any atom is 0.325 e. The molecule has 2 N–H and O–H groups in total. The molecule has 0 aliphatic carbocycles. The summed E-state index contributed by atoms with van der Waals surface area (Å²) in [7, 11) is 0. The summed E-state index contributed by atoms with van der Waals surface area (Å²) in [5, 5.41) is 4.76. The maximum absolute atomic E-state index is 12.2. The number of piperidine rings is 1. The summed E-state index contributed by atoms with van der Waals surface area (Å²) < 4.78 is 0. The Kier molecular flexibility index (Phi) is 3.55. The summed E-state index contributed by atoms with van der Waals surface area (Å²) in [6.07, 6.45) is 1.08. The summed E-state index contributed by atoms with van der Waals surface area (Å²) in [5.41, 5.74) is 0. The van der Waals surface area contributed by atoms with Gasteiger partial charge in [0.1, 0.15) is 12.1 Å². The second-order valence-corrected chi connectivity index (χ2v) is 4.99. The minimum Gasteiger partial charge on any atom is -0.326 e. The third-order valence-corrected chi connectivity index (χ3v) is 3.74. The molecule has 7 heteroatoms. The van der Waals surface area contributed by atoms with Gasteiger partial charge >= 0.3 is 6.03 Å². The molecule has 2 rings (SSSR count). The molecule has 0 radical (unpaired) electrons. The molecular formula is C12H17N3O4. The highest BCUT2D eigenvalue weighted by atomic mass is 16.2. The van der Waals surface area contributed by atoms with Crippen molar-refractivity contribution in [2.75, 3.05) is 0 Å². The van der Waals surface area contributed by atoms with Crippen LogP contribution in [0.1, 0.15) is 33.1 Å². The molecule has 0 spiro atoms. The van der Waals surface area contributed by atoms with Crippen molar-refractivity contribution < 1.29 is 19.2 Å². The lowest BCUT2D eigenvalue weighted by Crippen LogP contribution is -2.54. The van der Waals surface area contributed by atoms with E-state index in [1.54, 1.807) is 0 Å². The Morgan fingerprint density at radius 2 is 2.00 bits per heavy atom. The topological polar surface area (TPSA) is 95.6 Å². The van der Waals surface area contributed by atoms with E-state index in [1.165, 1.54) is 0 Å². The van der Waals surface area contributed by atoms with E-state index in [4.69, 9.17) is 0 Å². The van der Waals surface area contributed by atoms with Crippen LogP contribution in [0.4, 0.5) is 4.79 Å². The molecule has 104 valence electrons. The van der Waals surface area contributed by atoms with Gasteiger partial charge in [0.2, 0.25) is 11.8 Å². The zero-order chi connectivity index (χ0) is 14.2. The number of hydrogen-bond acceptors (Lipinski definition) is 4. The van der Waals surface area contributed by atoms with Crippen molar-refractivity contribution in [2.24, 2.45) is 5.92 Å². The molecule has 2 fully saturated rings. The van der Waals surface area contributed by atoms with Crippen LogP contribution < -0.4 is 10.6 Å². The third-order valence-electron chi connectivity index (χ3n) is 3.74. The van der Waals surface area contributed by atoms with Crippen LogP contribution in [-0.2, 0) is 14.4 Å². The molecule has 2 aliphatic heterocycles. The molecule has 2 heterocycles. The van der Waals surface area contributed by atoms with Gasteiger partial charge in [-0.25, -0.2) is 9.69 Å². The van der Waals surface area contributed by atoms with Gasteiger partial charge in [0.15, 0.2) is 0 Å². The molecule has 0 aromatic rings. The lowest BCUT2D eigenvalue weighted by atomic mass is 9.98. The van der Waals surface area contributed by atoms with E-state index < -0.39 is 24.0 Å². The molecule has 19 heavy (non-hydrogen) atoms. The lowest BCUT2D eigenvalue weighted by Gasteiger charge is -2.27. The zero-order valence-electron chi connectivity index (χ0n) is 10.9. The van der Waals surface area contributed by atoms with Crippen molar-refractivity contribution >= 4 is 23.8 Å². The first kappa shape index (κ1) is 13.5. The van der Waals surface area contributed by atoms with E-state index in [0.29, 0.717) is 0 Å². The molecule has 3 atom stereocenters. The summed E-state index contributed by atoms with van der Waals surface area (Å²) in [6, 6.07) is -2.01.